The van der Waals surface area contributed by atoms with Crippen LogP contribution in [0.4, 0.5) is 11.4 Å². The Kier molecular flexibility index (Phi) is 2.93. The van der Waals surface area contributed by atoms with Gasteiger partial charge in [-0.2, -0.15) is 0 Å². The maximum Gasteiger partial charge on any atom is 0.337 e. The number of aromatic carboxylic acids is 1. The number of benzene rings is 2. The summed E-state index contributed by atoms with van der Waals surface area (Å²) in [5, 5.41) is 15.5. The van der Waals surface area contributed by atoms with Gasteiger partial charge in [0.25, 0.3) is 0 Å². The van der Waals surface area contributed by atoms with E-state index in [0.29, 0.717) is 5.69 Å². The van der Waals surface area contributed by atoms with Gasteiger partial charge in [-0.25, -0.2) is 4.79 Å². The Morgan fingerprint density at radius 3 is 2.79 bits per heavy atom. The number of hydrogen-bond acceptors (Lipinski definition) is 3. The first kappa shape index (κ1) is 11.7. The van der Waals surface area contributed by atoms with Gasteiger partial charge in [0.2, 0.25) is 0 Å². The maximum atomic E-state index is 11.1. The Balaban J connectivity index is 1.98. The number of hydrogen-bond donors (Lipinski definition) is 2. The number of nitrogens with one attached hydrogen (secondary N) is 1. The second kappa shape index (κ2) is 4.74. The number of para-hydroxylation sites is 1. The third-order valence-electron chi connectivity index (χ3n) is 2.89. The first-order chi connectivity index (χ1) is 9.24. The average molecular weight is 269 g/mol. The molecular formula is C15H11NO2S. The van der Waals surface area contributed by atoms with Crippen molar-refractivity contribution in [2.45, 2.75) is 0 Å². The molecule has 3 nitrogen and oxygen atoms in total. The molecule has 0 aliphatic carbocycles. The summed E-state index contributed by atoms with van der Waals surface area (Å²) in [6.45, 7) is 0. The number of thiophene rings is 1. The Labute approximate surface area is 114 Å². The number of fused-ring (bicyclic) bond motifs is 1. The third-order valence-corrected chi connectivity index (χ3v) is 3.79. The summed E-state index contributed by atoms with van der Waals surface area (Å²) in [5.74, 6) is -0.931. The van der Waals surface area contributed by atoms with Gasteiger partial charge in [0.05, 0.1) is 11.3 Å². The average Bonchev–Trinajstić information content (AvgIpc) is 2.86. The highest BCUT2D eigenvalue weighted by atomic mass is 32.1. The van der Waals surface area contributed by atoms with Crippen molar-refractivity contribution in [3.8, 4) is 0 Å². The van der Waals surface area contributed by atoms with Gasteiger partial charge in [0.15, 0.2) is 0 Å². The van der Waals surface area contributed by atoms with Crippen LogP contribution in [0.25, 0.3) is 10.1 Å². The molecule has 0 spiro atoms. The lowest BCUT2D eigenvalue weighted by Crippen LogP contribution is -2.02. The molecule has 0 aliphatic heterocycles. The van der Waals surface area contributed by atoms with E-state index in [2.05, 4.69) is 5.32 Å². The second-order valence-corrected chi connectivity index (χ2v) is 5.10. The summed E-state index contributed by atoms with van der Waals surface area (Å²) in [4.78, 5) is 11.1. The van der Waals surface area contributed by atoms with Crippen LogP contribution in [0.5, 0.6) is 0 Å². The number of rotatable bonds is 3. The predicted octanol–water partition coefficient (Wildman–Crippen LogP) is 4.34. The fourth-order valence-corrected chi connectivity index (χ4v) is 2.75. The van der Waals surface area contributed by atoms with Gasteiger partial charge in [-0.1, -0.05) is 12.1 Å². The summed E-state index contributed by atoms with van der Waals surface area (Å²) in [5.41, 5.74) is 1.76. The van der Waals surface area contributed by atoms with Crippen molar-refractivity contribution in [1.82, 2.24) is 0 Å². The Hall–Kier alpha value is -2.33. The van der Waals surface area contributed by atoms with E-state index in [1.807, 2.05) is 35.7 Å². The number of anilines is 2. The lowest BCUT2D eigenvalue weighted by molar-refractivity contribution is 0.0698. The third kappa shape index (κ3) is 2.30. The zero-order valence-electron chi connectivity index (χ0n) is 9.96. The number of carboxylic acids is 1. The first-order valence-electron chi connectivity index (χ1n) is 5.80. The highest BCUT2D eigenvalue weighted by molar-refractivity contribution is 7.17. The highest BCUT2D eigenvalue weighted by Gasteiger charge is 2.09. The van der Waals surface area contributed by atoms with Crippen LogP contribution in [0.2, 0.25) is 0 Å². The molecule has 4 heteroatoms. The molecule has 3 aromatic rings. The van der Waals surface area contributed by atoms with Crippen LogP contribution in [-0.4, -0.2) is 11.1 Å². The largest absolute Gasteiger partial charge is 0.478 e. The van der Waals surface area contributed by atoms with E-state index in [1.54, 1.807) is 29.5 Å². The van der Waals surface area contributed by atoms with Crippen molar-refractivity contribution in [3.63, 3.8) is 0 Å². The van der Waals surface area contributed by atoms with E-state index in [1.165, 1.54) is 4.70 Å². The molecule has 2 N–H and O–H groups in total. The monoisotopic (exact) mass is 269 g/mol. The van der Waals surface area contributed by atoms with Crippen molar-refractivity contribution < 1.29 is 9.90 Å². The molecule has 0 atom stereocenters. The molecule has 3 rings (SSSR count). The van der Waals surface area contributed by atoms with E-state index in [0.717, 1.165) is 11.1 Å². The van der Waals surface area contributed by atoms with E-state index >= 15 is 0 Å². The van der Waals surface area contributed by atoms with E-state index < -0.39 is 5.97 Å². The van der Waals surface area contributed by atoms with E-state index in [9.17, 15) is 4.79 Å². The van der Waals surface area contributed by atoms with Crippen molar-refractivity contribution in [2.24, 2.45) is 0 Å². The number of carbonyl (C=O) groups is 1. The first-order valence-corrected chi connectivity index (χ1v) is 6.68. The molecule has 94 valence electrons. The normalized spacial score (nSPS) is 10.5. The standard InChI is InChI=1S/C15H11NO2S/c17-15(18)12-3-1-2-4-13(12)16-11-5-6-14-10(9-11)7-8-19-14/h1-9,16H,(H,17,18). The molecule has 0 amide bonds. The minimum absolute atomic E-state index is 0.271. The lowest BCUT2D eigenvalue weighted by Gasteiger charge is -2.09. The predicted molar refractivity (Wildman–Crippen MR) is 78.5 cm³/mol. The van der Waals surface area contributed by atoms with Crippen molar-refractivity contribution in [3.05, 3.63) is 59.5 Å². The Morgan fingerprint density at radius 1 is 1.11 bits per heavy atom. The lowest BCUT2D eigenvalue weighted by atomic mass is 10.1. The number of carboxylic acid groups (broad SMARTS) is 1. The van der Waals surface area contributed by atoms with Gasteiger partial charge in [-0.15, -0.1) is 11.3 Å². The summed E-state index contributed by atoms with van der Waals surface area (Å²) in [6.07, 6.45) is 0. The van der Waals surface area contributed by atoms with Gasteiger partial charge < -0.3 is 10.4 Å². The molecule has 0 unspecified atom stereocenters. The smallest absolute Gasteiger partial charge is 0.337 e. The van der Waals surface area contributed by atoms with Crippen LogP contribution in [-0.2, 0) is 0 Å². The minimum Gasteiger partial charge on any atom is -0.478 e. The summed E-state index contributed by atoms with van der Waals surface area (Å²) in [7, 11) is 0. The zero-order chi connectivity index (χ0) is 13.2. The summed E-state index contributed by atoms with van der Waals surface area (Å²) >= 11 is 1.69. The van der Waals surface area contributed by atoms with Crippen LogP contribution >= 0.6 is 11.3 Å². The van der Waals surface area contributed by atoms with Gasteiger partial charge in [0, 0.05) is 10.4 Å². The van der Waals surface area contributed by atoms with Crippen LogP contribution in [0.3, 0.4) is 0 Å². The van der Waals surface area contributed by atoms with Gasteiger partial charge in [-0.05, 0) is 47.2 Å². The zero-order valence-corrected chi connectivity index (χ0v) is 10.8. The Bertz CT molecular complexity index is 748. The highest BCUT2D eigenvalue weighted by Crippen LogP contribution is 2.27. The van der Waals surface area contributed by atoms with Crippen molar-refractivity contribution >= 4 is 38.8 Å². The van der Waals surface area contributed by atoms with Crippen LogP contribution < -0.4 is 5.32 Å². The summed E-state index contributed by atoms with van der Waals surface area (Å²) in [6, 6.07) is 14.9. The van der Waals surface area contributed by atoms with Crippen LogP contribution in [0.1, 0.15) is 10.4 Å². The van der Waals surface area contributed by atoms with E-state index in [-0.39, 0.29) is 5.56 Å². The van der Waals surface area contributed by atoms with Gasteiger partial charge in [-0.3, -0.25) is 0 Å². The molecular weight excluding hydrogens is 258 g/mol. The van der Waals surface area contributed by atoms with Crippen molar-refractivity contribution in [2.75, 3.05) is 5.32 Å². The molecule has 2 aromatic carbocycles. The molecule has 1 aromatic heterocycles. The Morgan fingerprint density at radius 2 is 1.95 bits per heavy atom. The molecule has 0 aliphatic rings. The molecule has 0 saturated carbocycles. The second-order valence-electron chi connectivity index (χ2n) is 4.15. The molecule has 1 heterocycles. The fourth-order valence-electron chi connectivity index (χ4n) is 1.98. The van der Waals surface area contributed by atoms with Crippen LogP contribution in [0.15, 0.2) is 53.9 Å². The fraction of sp³-hybridized carbons (Fsp3) is 0. The minimum atomic E-state index is -0.931. The van der Waals surface area contributed by atoms with Crippen LogP contribution in [0, 0.1) is 0 Å². The SMILES string of the molecule is O=C(O)c1ccccc1Nc1ccc2sccc2c1. The molecule has 0 bridgehead atoms. The molecule has 19 heavy (non-hydrogen) atoms. The topological polar surface area (TPSA) is 49.3 Å². The molecule has 0 radical (unpaired) electrons. The van der Waals surface area contributed by atoms with Crippen molar-refractivity contribution in [1.29, 1.82) is 0 Å². The molecule has 0 saturated heterocycles. The molecule has 0 fully saturated rings. The van der Waals surface area contributed by atoms with Gasteiger partial charge >= 0.3 is 5.97 Å². The summed E-state index contributed by atoms with van der Waals surface area (Å²) < 4.78 is 1.22. The maximum absolute atomic E-state index is 11.1. The van der Waals surface area contributed by atoms with E-state index in [4.69, 9.17) is 5.11 Å². The quantitative estimate of drug-likeness (QED) is 0.743. The van der Waals surface area contributed by atoms with Gasteiger partial charge in [0.1, 0.15) is 0 Å².